The van der Waals surface area contributed by atoms with Gasteiger partial charge in [0.15, 0.2) is 0 Å². The minimum Gasteiger partial charge on any atom is -0.497 e. The molecule has 0 unspecified atom stereocenters. The SMILES string of the molecule is COc1ccc(C(C)(C)CNC(=O)Cc2csc(CN)n2)cc1. The average Bonchev–Trinajstić information content (AvgIpc) is 3.00. The molecule has 0 aliphatic rings. The predicted octanol–water partition coefficient (Wildman–Crippen LogP) is 2.25. The molecule has 2 aromatic rings. The molecule has 124 valence electrons. The number of nitrogens with zero attached hydrogens (tertiary/aromatic N) is 1. The number of hydrogen-bond donors (Lipinski definition) is 2. The van der Waals surface area contributed by atoms with Crippen molar-refractivity contribution in [2.75, 3.05) is 13.7 Å². The fourth-order valence-corrected chi connectivity index (χ4v) is 2.89. The Labute approximate surface area is 140 Å². The van der Waals surface area contributed by atoms with Gasteiger partial charge in [0.1, 0.15) is 10.8 Å². The highest BCUT2D eigenvalue weighted by atomic mass is 32.1. The van der Waals surface area contributed by atoms with Crippen LogP contribution in [0, 0.1) is 0 Å². The summed E-state index contributed by atoms with van der Waals surface area (Å²) in [5.41, 5.74) is 7.30. The van der Waals surface area contributed by atoms with Crippen LogP contribution in [0.2, 0.25) is 0 Å². The summed E-state index contributed by atoms with van der Waals surface area (Å²) in [7, 11) is 1.65. The van der Waals surface area contributed by atoms with E-state index in [1.165, 1.54) is 11.3 Å². The van der Waals surface area contributed by atoms with Crippen LogP contribution in [0.5, 0.6) is 5.75 Å². The molecule has 0 spiro atoms. The number of amides is 1. The molecule has 0 bridgehead atoms. The van der Waals surface area contributed by atoms with Gasteiger partial charge < -0.3 is 15.8 Å². The zero-order valence-electron chi connectivity index (χ0n) is 13.8. The van der Waals surface area contributed by atoms with Crippen molar-refractivity contribution in [2.24, 2.45) is 5.73 Å². The van der Waals surface area contributed by atoms with E-state index in [4.69, 9.17) is 10.5 Å². The van der Waals surface area contributed by atoms with Crippen LogP contribution in [0.15, 0.2) is 29.6 Å². The van der Waals surface area contributed by atoms with E-state index < -0.39 is 0 Å². The lowest BCUT2D eigenvalue weighted by Crippen LogP contribution is -2.37. The molecule has 1 aromatic carbocycles. The zero-order valence-corrected chi connectivity index (χ0v) is 14.6. The van der Waals surface area contributed by atoms with Gasteiger partial charge in [-0.05, 0) is 17.7 Å². The number of ether oxygens (including phenoxy) is 1. The Kier molecular flexibility index (Phi) is 5.74. The number of aromatic nitrogens is 1. The van der Waals surface area contributed by atoms with Gasteiger partial charge in [-0.25, -0.2) is 4.98 Å². The second-order valence-corrected chi connectivity index (χ2v) is 6.95. The van der Waals surface area contributed by atoms with Crippen molar-refractivity contribution in [3.05, 3.63) is 45.9 Å². The van der Waals surface area contributed by atoms with Crippen LogP contribution in [0.3, 0.4) is 0 Å². The van der Waals surface area contributed by atoms with Gasteiger partial charge in [0.2, 0.25) is 5.91 Å². The molecule has 5 nitrogen and oxygen atoms in total. The van der Waals surface area contributed by atoms with Crippen LogP contribution < -0.4 is 15.8 Å². The van der Waals surface area contributed by atoms with E-state index >= 15 is 0 Å². The van der Waals surface area contributed by atoms with Gasteiger partial charge in [-0.1, -0.05) is 26.0 Å². The quantitative estimate of drug-likeness (QED) is 0.815. The van der Waals surface area contributed by atoms with Crippen molar-refractivity contribution < 1.29 is 9.53 Å². The first-order valence-corrected chi connectivity index (χ1v) is 8.37. The minimum atomic E-state index is -0.160. The molecule has 0 saturated heterocycles. The van der Waals surface area contributed by atoms with Gasteiger partial charge in [0.05, 0.1) is 19.2 Å². The third-order valence-electron chi connectivity index (χ3n) is 3.71. The summed E-state index contributed by atoms with van der Waals surface area (Å²) < 4.78 is 5.17. The summed E-state index contributed by atoms with van der Waals surface area (Å²) in [5, 5.41) is 5.73. The molecule has 1 aromatic heterocycles. The molecule has 1 heterocycles. The molecule has 0 saturated carbocycles. The van der Waals surface area contributed by atoms with Crippen LogP contribution in [0.1, 0.15) is 30.1 Å². The molecule has 6 heteroatoms. The van der Waals surface area contributed by atoms with E-state index in [1.54, 1.807) is 7.11 Å². The third kappa shape index (κ3) is 4.77. The molecule has 2 rings (SSSR count). The average molecular weight is 333 g/mol. The number of carbonyl (C=O) groups excluding carboxylic acids is 1. The summed E-state index contributed by atoms with van der Waals surface area (Å²) in [4.78, 5) is 16.4. The molecule has 0 atom stereocenters. The summed E-state index contributed by atoms with van der Waals surface area (Å²) in [5.74, 6) is 0.799. The number of rotatable bonds is 7. The monoisotopic (exact) mass is 333 g/mol. The smallest absolute Gasteiger partial charge is 0.226 e. The molecular weight excluding hydrogens is 310 g/mol. The zero-order chi connectivity index (χ0) is 16.9. The predicted molar refractivity (Wildman–Crippen MR) is 92.7 cm³/mol. The van der Waals surface area contributed by atoms with Crippen molar-refractivity contribution >= 4 is 17.2 Å². The van der Waals surface area contributed by atoms with Crippen LogP contribution in [-0.4, -0.2) is 24.5 Å². The Balaban J connectivity index is 1.90. The van der Waals surface area contributed by atoms with E-state index in [9.17, 15) is 4.79 Å². The molecule has 1 amide bonds. The molecular formula is C17H23N3O2S. The number of carbonyl (C=O) groups is 1. The van der Waals surface area contributed by atoms with E-state index in [2.05, 4.69) is 24.1 Å². The fourth-order valence-electron chi connectivity index (χ4n) is 2.21. The van der Waals surface area contributed by atoms with Crippen molar-refractivity contribution in [3.63, 3.8) is 0 Å². The summed E-state index contributed by atoms with van der Waals surface area (Å²) in [6.45, 7) is 5.18. The fraction of sp³-hybridized carbons (Fsp3) is 0.412. The molecule has 23 heavy (non-hydrogen) atoms. The Bertz CT molecular complexity index is 650. The van der Waals surface area contributed by atoms with Gasteiger partial charge in [0.25, 0.3) is 0 Å². The highest BCUT2D eigenvalue weighted by molar-refractivity contribution is 7.09. The maximum atomic E-state index is 12.1. The summed E-state index contributed by atoms with van der Waals surface area (Å²) in [6.07, 6.45) is 0.287. The van der Waals surface area contributed by atoms with Crippen molar-refractivity contribution in [1.29, 1.82) is 0 Å². The topological polar surface area (TPSA) is 77.2 Å². The number of benzene rings is 1. The third-order valence-corrected chi connectivity index (χ3v) is 4.63. The number of hydrogen-bond acceptors (Lipinski definition) is 5. The number of thiazole rings is 1. The standard InChI is InChI=1S/C17H23N3O2S/c1-17(2,12-4-6-14(22-3)7-5-12)11-19-15(21)8-13-10-23-16(9-18)20-13/h4-7,10H,8-9,11,18H2,1-3H3,(H,19,21). The summed E-state index contributed by atoms with van der Waals surface area (Å²) >= 11 is 1.49. The van der Waals surface area contributed by atoms with Gasteiger partial charge >= 0.3 is 0 Å². The second kappa shape index (κ2) is 7.57. The molecule has 0 aliphatic carbocycles. The lowest BCUT2D eigenvalue weighted by Gasteiger charge is -2.25. The van der Waals surface area contributed by atoms with Crippen LogP contribution in [0.25, 0.3) is 0 Å². The Morgan fingerprint density at radius 3 is 2.61 bits per heavy atom. The molecule has 0 radical (unpaired) electrons. The van der Waals surface area contributed by atoms with E-state index in [-0.39, 0.29) is 17.7 Å². The maximum Gasteiger partial charge on any atom is 0.226 e. The van der Waals surface area contributed by atoms with Gasteiger partial charge in [-0.2, -0.15) is 0 Å². The minimum absolute atomic E-state index is 0.0274. The molecule has 0 fully saturated rings. The van der Waals surface area contributed by atoms with E-state index in [0.29, 0.717) is 13.1 Å². The first kappa shape index (κ1) is 17.4. The Hall–Kier alpha value is -1.92. The highest BCUT2D eigenvalue weighted by Gasteiger charge is 2.21. The van der Waals surface area contributed by atoms with E-state index in [0.717, 1.165) is 22.0 Å². The highest BCUT2D eigenvalue weighted by Crippen LogP contribution is 2.24. The second-order valence-electron chi connectivity index (χ2n) is 6.00. The van der Waals surface area contributed by atoms with Crippen molar-refractivity contribution in [3.8, 4) is 5.75 Å². The van der Waals surface area contributed by atoms with Crippen molar-refractivity contribution in [2.45, 2.75) is 32.2 Å². The largest absolute Gasteiger partial charge is 0.497 e. The van der Waals surface area contributed by atoms with Gasteiger partial charge in [-0.3, -0.25) is 4.79 Å². The Morgan fingerprint density at radius 2 is 2.04 bits per heavy atom. The summed E-state index contributed by atoms with van der Waals surface area (Å²) in [6, 6.07) is 7.92. The number of nitrogens with one attached hydrogen (secondary N) is 1. The van der Waals surface area contributed by atoms with Crippen LogP contribution in [0.4, 0.5) is 0 Å². The lowest BCUT2D eigenvalue weighted by atomic mass is 9.84. The van der Waals surface area contributed by atoms with E-state index in [1.807, 2.05) is 29.6 Å². The lowest BCUT2D eigenvalue weighted by molar-refractivity contribution is -0.120. The van der Waals surface area contributed by atoms with Gasteiger partial charge in [-0.15, -0.1) is 11.3 Å². The normalized spacial score (nSPS) is 11.3. The number of nitrogens with two attached hydrogens (primary N) is 1. The maximum absolute atomic E-state index is 12.1. The van der Waals surface area contributed by atoms with Crippen LogP contribution in [-0.2, 0) is 23.2 Å². The van der Waals surface area contributed by atoms with Crippen molar-refractivity contribution in [1.82, 2.24) is 10.3 Å². The van der Waals surface area contributed by atoms with Gasteiger partial charge in [0, 0.05) is 23.9 Å². The van der Waals surface area contributed by atoms with Crippen LogP contribution >= 0.6 is 11.3 Å². The Morgan fingerprint density at radius 1 is 1.35 bits per heavy atom. The first-order chi connectivity index (χ1) is 10.9. The molecule has 3 N–H and O–H groups in total. The first-order valence-electron chi connectivity index (χ1n) is 7.49. The molecule has 0 aliphatic heterocycles. The number of methoxy groups -OCH3 is 1.